The summed E-state index contributed by atoms with van der Waals surface area (Å²) < 4.78 is 0. The van der Waals surface area contributed by atoms with Crippen molar-refractivity contribution in [2.75, 3.05) is 24.2 Å². The number of rotatable bonds is 4. The lowest BCUT2D eigenvalue weighted by Crippen LogP contribution is -2.36. The van der Waals surface area contributed by atoms with Gasteiger partial charge in [0.25, 0.3) is 0 Å². The molecule has 1 aromatic rings. The quantitative estimate of drug-likeness (QED) is 0.734. The first kappa shape index (κ1) is 10.7. The van der Waals surface area contributed by atoms with Crippen LogP contribution < -0.4 is 16.0 Å². The highest BCUT2D eigenvalue weighted by atomic mass is 16.2. The molecule has 1 aliphatic rings. The van der Waals surface area contributed by atoms with Crippen LogP contribution in [-0.2, 0) is 4.79 Å². The van der Waals surface area contributed by atoms with Gasteiger partial charge in [0.1, 0.15) is 5.82 Å². The third-order valence-corrected chi connectivity index (χ3v) is 2.39. The molecular weight excluding hydrogens is 206 g/mol. The van der Waals surface area contributed by atoms with Gasteiger partial charge >= 0.3 is 0 Å². The standard InChI is InChI=1S/C10H15N5O/c1-15(6-10(16)12-7-2-3-7)9-5-4-8(11)13-14-9/h4-5,7H,2-3,6H2,1H3,(H2,11,13)(H,12,16). The lowest BCUT2D eigenvalue weighted by molar-refractivity contribution is -0.119. The van der Waals surface area contributed by atoms with E-state index in [1.807, 2.05) is 0 Å². The summed E-state index contributed by atoms with van der Waals surface area (Å²) in [5.41, 5.74) is 5.43. The van der Waals surface area contributed by atoms with Crippen molar-refractivity contribution in [2.45, 2.75) is 18.9 Å². The van der Waals surface area contributed by atoms with Crippen molar-refractivity contribution in [1.29, 1.82) is 0 Å². The Kier molecular flexibility index (Phi) is 2.89. The zero-order chi connectivity index (χ0) is 11.5. The number of carbonyl (C=O) groups excluding carboxylic acids is 1. The lowest BCUT2D eigenvalue weighted by atomic mass is 10.4. The van der Waals surface area contributed by atoms with Gasteiger partial charge in [-0.05, 0) is 25.0 Å². The first-order valence-corrected chi connectivity index (χ1v) is 5.25. The molecule has 16 heavy (non-hydrogen) atoms. The fourth-order valence-electron chi connectivity index (χ4n) is 1.34. The third kappa shape index (κ3) is 2.82. The Hall–Kier alpha value is -1.85. The van der Waals surface area contributed by atoms with Crippen molar-refractivity contribution in [3.63, 3.8) is 0 Å². The maximum atomic E-state index is 11.5. The molecule has 6 heteroatoms. The number of hydrogen-bond acceptors (Lipinski definition) is 5. The van der Waals surface area contributed by atoms with E-state index in [0.717, 1.165) is 12.8 Å². The molecule has 0 spiro atoms. The number of nitrogens with zero attached hydrogens (tertiary/aromatic N) is 3. The number of nitrogens with one attached hydrogen (secondary N) is 1. The minimum absolute atomic E-state index is 0.0172. The van der Waals surface area contributed by atoms with Gasteiger partial charge in [0.15, 0.2) is 5.82 Å². The fourth-order valence-corrected chi connectivity index (χ4v) is 1.34. The Balaban J connectivity index is 1.88. The monoisotopic (exact) mass is 221 g/mol. The number of nitrogens with two attached hydrogens (primary N) is 1. The van der Waals surface area contributed by atoms with Gasteiger partial charge < -0.3 is 16.0 Å². The van der Waals surface area contributed by atoms with E-state index in [0.29, 0.717) is 17.7 Å². The molecule has 3 N–H and O–H groups in total. The predicted molar refractivity (Wildman–Crippen MR) is 60.9 cm³/mol. The van der Waals surface area contributed by atoms with Crippen LogP contribution in [0.2, 0.25) is 0 Å². The minimum atomic E-state index is 0.0172. The fraction of sp³-hybridized carbons (Fsp3) is 0.500. The molecule has 2 rings (SSSR count). The minimum Gasteiger partial charge on any atom is -0.382 e. The molecule has 1 fully saturated rings. The van der Waals surface area contributed by atoms with E-state index in [-0.39, 0.29) is 12.5 Å². The van der Waals surface area contributed by atoms with Crippen LogP contribution in [-0.4, -0.2) is 35.7 Å². The zero-order valence-corrected chi connectivity index (χ0v) is 9.18. The van der Waals surface area contributed by atoms with Crippen LogP contribution in [0.5, 0.6) is 0 Å². The Morgan fingerprint density at radius 2 is 2.31 bits per heavy atom. The first-order valence-electron chi connectivity index (χ1n) is 5.25. The van der Waals surface area contributed by atoms with E-state index in [1.54, 1.807) is 24.1 Å². The SMILES string of the molecule is CN(CC(=O)NC1CC1)c1ccc(N)nn1. The van der Waals surface area contributed by atoms with Gasteiger partial charge in [-0.3, -0.25) is 4.79 Å². The molecule has 0 aliphatic heterocycles. The van der Waals surface area contributed by atoms with Gasteiger partial charge in [-0.1, -0.05) is 0 Å². The summed E-state index contributed by atoms with van der Waals surface area (Å²) >= 11 is 0. The van der Waals surface area contributed by atoms with Crippen LogP contribution in [0.15, 0.2) is 12.1 Å². The van der Waals surface area contributed by atoms with Crippen molar-refractivity contribution >= 4 is 17.5 Å². The summed E-state index contributed by atoms with van der Waals surface area (Å²) in [6.45, 7) is 0.287. The highest BCUT2D eigenvalue weighted by molar-refractivity contribution is 5.81. The first-order chi connectivity index (χ1) is 7.65. The molecule has 0 unspecified atom stereocenters. The van der Waals surface area contributed by atoms with E-state index in [9.17, 15) is 4.79 Å². The Morgan fingerprint density at radius 1 is 1.56 bits per heavy atom. The molecule has 86 valence electrons. The van der Waals surface area contributed by atoms with Crippen LogP contribution >= 0.6 is 0 Å². The van der Waals surface area contributed by atoms with Gasteiger partial charge in [-0.2, -0.15) is 0 Å². The van der Waals surface area contributed by atoms with Gasteiger partial charge in [-0.25, -0.2) is 0 Å². The molecule has 1 aromatic heterocycles. The summed E-state index contributed by atoms with van der Waals surface area (Å²) in [6.07, 6.45) is 2.19. The Morgan fingerprint density at radius 3 is 2.88 bits per heavy atom. The molecule has 1 heterocycles. The number of hydrogen-bond donors (Lipinski definition) is 2. The summed E-state index contributed by atoms with van der Waals surface area (Å²) in [5.74, 6) is 1.03. The molecule has 0 atom stereocenters. The number of nitrogen functional groups attached to an aromatic ring is 1. The van der Waals surface area contributed by atoms with Crippen molar-refractivity contribution in [1.82, 2.24) is 15.5 Å². The van der Waals surface area contributed by atoms with Gasteiger partial charge in [0.2, 0.25) is 5.91 Å². The molecule has 1 saturated carbocycles. The Bertz CT molecular complexity index is 373. The second kappa shape index (κ2) is 4.34. The van der Waals surface area contributed by atoms with Crippen LogP contribution in [0, 0.1) is 0 Å². The van der Waals surface area contributed by atoms with Crippen LogP contribution in [0.3, 0.4) is 0 Å². The largest absolute Gasteiger partial charge is 0.382 e. The van der Waals surface area contributed by atoms with E-state index >= 15 is 0 Å². The van der Waals surface area contributed by atoms with Crippen molar-refractivity contribution in [3.05, 3.63) is 12.1 Å². The van der Waals surface area contributed by atoms with Crippen LogP contribution in [0.4, 0.5) is 11.6 Å². The maximum Gasteiger partial charge on any atom is 0.239 e. The highest BCUT2D eigenvalue weighted by Gasteiger charge is 2.23. The van der Waals surface area contributed by atoms with Gasteiger partial charge in [0.05, 0.1) is 6.54 Å². The van der Waals surface area contributed by atoms with Crippen molar-refractivity contribution in [3.8, 4) is 0 Å². The Labute approximate surface area is 93.8 Å². The second-order valence-corrected chi connectivity index (χ2v) is 4.01. The normalized spacial score (nSPS) is 14.6. The van der Waals surface area contributed by atoms with E-state index < -0.39 is 0 Å². The molecular formula is C10H15N5O. The number of anilines is 2. The van der Waals surface area contributed by atoms with Gasteiger partial charge in [-0.15, -0.1) is 10.2 Å². The van der Waals surface area contributed by atoms with E-state index in [2.05, 4.69) is 15.5 Å². The predicted octanol–water partition coefficient (Wildman–Crippen LogP) is -0.226. The molecule has 6 nitrogen and oxygen atoms in total. The highest BCUT2D eigenvalue weighted by Crippen LogP contribution is 2.18. The molecule has 0 bridgehead atoms. The van der Waals surface area contributed by atoms with E-state index in [4.69, 9.17) is 5.73 Å². The third-order valence-electron chi connectivity index (χ3n) is 2.39. The average Bonchev–Trinajstić information content (AvgIpc) is 3.02. The lowest BCUT2D eigenvalue weighted by Gasteiger charge is -2.16. The molecule has 1 amide bonds. The topological polar surface area (TPSA) is 84.1 Å². The molecule has 0 saturated heterocycles. The average molecular weight is 221 g/mol. The second-order valence-electron chi connectivity index (χ2n) is 4.01. The summed E-state index contributed by atoms with van der Waals surface area (Å²) in [6, 6.07) is 3.79. The van der Waals surface area contributed by atoms with Crippen molar-refractivity contribution in [2.24, 2.45) is 0 Å². The smallest absolute Gasteiger partial charge is 0.239 e. The summed E-state index contributed by atoms with van der Waals surface area (Å²) in [5, 5.41) is 10.5. The summed E-state index contributed by atoms with van der Waals surface area (Å²) in [4.78, 5) is 13.3. The maximum absolute atomic E-state index is 11.5. The zero-order valence-electron chi connectivity index (χ0n) is 9.18. The van der Waals surface area contributed by atoms with E-state index in [1.165, 1.54) is 0 Å². The number of amides is 1. The van der Waals surface area contributed by atoms with Gasteiger partial charge in [0, 0.05) is 13.1 Å². The number of aromatic nitrogens is 2. The molecule has 0 aromatic carbocycles. The molecule has 0 radical (unpaired) electrons. The van der Waals surface area contributed by atoms with Crippen LogP contribution in [0.25, 0.3) is 0 Å². The molecule has 1 aliphatic carbocycles. The van der Waals surface area contributed by atoms with Crippen LogP contribution in [0.1, 0.15) is 12.8 Å². The number of carbonyl (C=O) groups is 1. The number of likely N-dealkylation sites (N-methyl/N-ethyl adjacent to an activating group) is 1. The van der Waals surface area contributed by atoms with Crippen molar-refractivity contribution < 1.29 is 4.79 Å². The summed E-state index contributed by atoms with van der Waals surface area (Å²) in [7, 11) is 1.80.